The number of piperidine rings is 1. The summed E-state index contributed by atoms with van der Waals surface area (Å²) in [5.41, 5.74) is 10.5. The standard InChI is InChI=1S/C25H23FN6O2S2/c1-25(2,27)14-7-18(13-3-5-15(26)6-4-13)29-20(8-14)34-21-16-9-32(10-17(16)21)24(33)23-30-22(31-36-23)19-11-35-12-28-19/h3-8,11-12,16-17,21H,9-10,27H2,1-2H3/t16-,17+,21-. The minimum Gasteiger partial charge on any atom is -0.474 e. The first kappa shape index (κ1) is 23.1. The SMILES string of the molecule is CC(C)(N)c1cc(O[C@@H]2[C@@H]3CN(C(=O)c4nc(-c5cscn5)ns4)C[C@@H]32)nc(-c2ccc(F)cc2)c1. The summed E-state index contributed by atoms with van der Waals surface area (Å²) in [6, 6.07) is 9.98. The third kappa shape index (κ3) is 4.38. The van der Waals surface area contributed by atoms with Gasteiger partial charge in [0.25, 0.3) is 5.91 Å². The second-order valence-corrected chi connectivity index (χ2v) is 11.2. The first-order valence-electron chi connectivity index (χ1n) is 11.5. The van der Waals surface area contributed by atoms with Crippen LogP contribution in [-0.4, -0.2) is 49.3 Å². The van der Waals surface area contributed by atoms with Crippen molar-refractivity contribution in [2.24, 2.45) is 17.6 Å². The second-order valence-electron chi connectivity index (χ2n) is 9.73. The van der Waals surface area contributed by atoms with Gasteiger partial charge in [-0.2, -0.15) is 4.37 Å². The highest BCUT2D eigenvalue weighted by Gasteiger charge is 2.59. The summed E-state index contributed by atoms with van der Waals surface area (Å²) in [4.78, 5) is 28.0. The molecule has 1 aliphatic carbocycles. The van der Waals surface area contributed by atoms with Gasteiger partial charge in [-0.05, 0) is 61.3 Å². The van der Waals surface area contributed by atoms with Crippen LogP contribution < -0.4 is 10.5 Å². The first-order valence-corrected chi connectivity index (χ1v) is 13.2. The molecule has 1 saturated carbocycles. The molecule has 0 radical (unpaired) electrons. The van der Waals surface area contributed by atoms with Gasteiger partial charge in [0.2, 0.25) is 10.9 Å². The summed E-state index contributed by atoms with van der Waals surface area (Å²) in [6.45, 7) is 5.05. The number of thiazole rings is 1. The molecule has 184 valence electrons. The van der Waals surface area contributed by atoms with E-state index in [2.05, 4.69) is 19.3 Å². The number of halogens is 1. The zero-order valence-corrected chi connectivity index (χ0v) is 21.2. The first-order chi connectivity index (χ1) is 17.3. The molecule has 3 atom stereocenters. The molecule has 4 aromatic rings. The summed E-state index contributed by atoms with van der Waals surface area (Å²) >= 11 is 2.57. The number of amides is 1. The van der Waals surface area contributed by atoms with Crippen molar-refractivity contribution in [2.45, 2.75) is 25.5 Å². The van der Waals surface area contributed by atoms with Crippen LogP contribution in [0.15, 0.2) is 47.3 Å². The topological polar surface area (TPSA) is 107 Å². The van der Waals surface area contributed by atoms with Crippen molar-refractivity contribution in [3.8, 4) is 28.7 Å². The number of hydrogen-bond acceptors (Lipinski definition) is 9. The maximum Gasteiger partial charge on any atom is 0.284 e. The Morgan fingerprint density at radius 1 is 1.14 bits per heavy atom. The number of likely N-dealkylation sites (tertiary alicyclic amines) is 1. The highest BCUT2D eigenvalue weighted by atomic mass is 32.1. The molecule has 4 heterocycles. The monoisotopic (exact) mass is 522 g/mol. The van der Waals surface area contributed by atoms with Crippen LogP contribution in [0.2, 0.25) is 0 Å². The molecule has 8 nitrogen and oxygen atoms in total. The van der Waals surface area contributed by atoms with Gasteiger partial charge in [0.1, 0.15) is 17.6 Å². The molecule has 1 amide bonds. The molecule has 0 spiro atoms. The Morgan fingerprint density at radius 3 is 2.56 bits per heavy atom. The Bertz CT molecular complexity index is 1410. The van der Waals surface area contributed by atoms with E-state index in [-0.39, 0.29) is 29.7 Å². The molecular formula is C25H23FN6O2S2. The number of benzene rings is 1. The molecule has 6 rings (SSSR count). The average molecular weight is 523 g/mol. The maximum absolute atomic E-state index is 13.4. The number of fused-ring (bicyclic) bond motifs is 1. The summed E-state index contributed by atoms with van der Waals surface area (Å²) < 4.78 is 24.0. The lowest BCUT2D eigenvalue weighted by molar-refractivity contribution is 0.0751. The third-order valence-corrected chi connectivity index (χ3v) is 7.91. The van der Waals surface area contributed by atoms with Crippen molar-refractivity contribution in [1.82, 2.24) is 24.2 Å². The largest absolute Gasteiger partial charge is 0.474 e. The Labute approximate surface area is 215 Å². The number of pyridine rings is 1. The fourth-order valence-corrected chi connectivity index (χ4v) is 5.70. The number of hydrogen-bond donors (Lipinski definition) is 1. The fourth-order valence-electron chi connectivity index (χ4n) is 4.53. The van der Waals surface area contributed by atoms with Crippen molar-refractivity contribution in [2.75, 3.05) is 13.1 Å². The number of nitrogens with zero attached hydrogens (tertiary/aromatic N) is 5. The van der Waals surface area contributed by atoms with Crippen molar-refractivity contribution >= 4 is 28.8 Å². The fraction of sp³-hybridized carbons (Fsp3) is 0.320. The van der Waals surface area contributed by atoms with Crippen LogP contribution in [0.25, 0.3) is 22.8 Å². The number of rotatable bonds is 6. The molecule has 36 heavy (non-hydrogen) atoms. The number of nitrogens with two attached hydrogens (primary N) is 1. The van der Waals surface area contributed by atoms with E-state index in [1.807, 2.05) is 36.3 Å². The van der Waals surface area contributed by atoms with Crippen LogP contribution in [0.3, 0.4) is 0 Å². The summed E-state index contributed by atoms with van der Waals surface area (Å²) in [5, 5.41) is 2.24. The molecule has 1 saturated heterocycles. The summed E-state index contributed by atoms with van der Waals surface area (Å²) in [5.74, 6) is 1.04. The van der Waals surface area contributed by atoms with Crippen molar-refractivity contribution in [3.05, 3.63) is 63.7 Å². The van der Waals surface area contributed by atoms with Crippen LogP contribution in [0, 0.1) is 17.7 Å². The molecule has 1 aromatic carbocycles. The van der Waals surface area contributed by atoms with E-state index in [9.17, 15) is 9.18 Å². The highest BCUT2D eigenvalue weighted by molar-refractivity contribution is 7.08. The molecule has 0 unspecified atom stereocenters. The van der Waals surface area contributed by atoms with Crippen LogP contribution in [0.4, 0.5) is 4.39 Å². The predicted octanol–water partition coefficient (Wildman–Crippen LogP) is 4.21. The van der Waals surface area contributed by atoms with Gasteiger partial charge in [0.05, 0.1) is 11.2 Å². The minimum absolute atomic E-state index is 0.0151. The van der Waals surface area contributed by atoms with Crippen molar-refractivity contribution < 1.29 is 13.9 Å². The van der Waals surface area contributed by atoms with E-state index < -0.39 is 5.54 Å². The van der Waals surface area contributed by atoms with Gasteiger partial charge in [0.15, 0.2) is 5.82 Å². The Morgan fingerprint density at radius 2 is 1.89 bits per heavy atom. The van der Waals surface area contributed by atoms with Gasteiger partial charge in [0, 0.05) is 47.5 Å². The number of aromatic nitrogens is 4. The molecule has 2 aliphatic rings. The van der Waals surface area contributed by atoms with Gasteiger partial charge < -0.3 is 15.4 Å². The van der Waals surface area contributed by atoms with Crippen molar-refractivity contribution in [1.29, 1.82) is 0 Å². The molecule has 2 fully saturated rings. The number of ether oxygens (including phenoxy) is 1. The normalized spacial score (nSPS) is 20.9. The zero-order valence-electron chi connectivity index (χ0n) is 19.6. The summed E-state index contributed by atoms with van der Waals surface area (Å²) in [6.07, 6.45) is -0.0151. The van der Waals surface area contributed by atoms with Crippen LogP contribution in [0.5, 0.6) is 5.88 Å². The van der Waals surface area contributed by atoms with E-state index in [0.29, 0.717) is 41.2 Å². The molecule has 3 aromatic heterocycles. The van der Waals surface area contributed by atoms with Gasteiger partial charge in [-0.1, -0.05) is 0 Å². The van der Waals surface area contributed by atoms with Crippen LogP contribution in [-0.2, 0) is 5.54 Å². The van der Waals surface area contributed by atoms with Gasteiger partial charge in [-0.15, -0.1) is 11.3 Å². The lowest BCUT2D eigenvalue weighted by atomic mass is 9.95. The van der Waals surface area contributed by atoms with E-state index in [1.54, 1.807) is 17.6 Å². The number of carbonyl (C=O) groups is 1. The van der Waals surface area contributed by atoms with Crippen LogP contribution in [0.1, 0.15) is 29.2 Å². The van der Waals surface area contributed by atoms with Gasteiger partial charge in [-0.25, -0.2) is 19.3 Å². The van der Waals surface area contributed by atoms with Crippen molar-refractivity contribution in [3.63, 3.8) is 0 Å². The van der Waals surface area contributed by atoms with E-state index in [1.165, 1.54) is 23.5 Å². The van der Waals surface area contributed by atoms with E-state index in [0.717, 1.165) is 22.7 Å². The highest BCUT2D eigenvalue weighted by Crippen LogP contribution is 2.48. The lowest BCUT2D eigenvalue weighted by Gasteiger charge is -2.22. The molecule has 1 aliphatic heterocycles. The lowest BCUT2D eigenvalue weighted by Crippen LogP contribution is -2.33. The second kappa shape index (κ2) is 8.68. The summed E-state index contributed by atoms with van der Waals surface area (Å²) in [7, 11) is 0. The number of carbonyl (C=O) groups excluding carboxylic acids is 1. The maximum atomic E-state index is 13.4. The molecule has 2 N–H and O–H groups in total. The zero-order chi connectivity index (χ0) is 25.0. The minimum atomic E-state index is -0.600. The smallest absolute Gasteiger partial charge is 0.284 e. The Balaban J connectivity index is 1.15. The van der Waals surface area contributed by atoms with Crippen LogP contribution >= 0.6 is 22.9 Å². The quantitative estimate of drug-likeness (QED) is 0.404. The van der Waals surface area contributed by atoms with E-state index >= 15 is 0 Å². The van der Waals surface area contributed by atoms with E-state index in [4.69, 9.17) is 10.5 Å². The Kier molecular flexibility index (Phi) is 5.58. The molecular weight excluding hydrogens is 499 g/mol. The van der Waals surface area contributed by atoms with Gasteiger partial charge >= 0.3 is 0 Å². The average Bonchev–Trinajstić information content (AvgIpc) is 3.41. The third-order valence-electron chi connectivity index (χ3n) is 6.62. The molecule has 0 bridgehead atoms. The van der Waals surface area contributed by atoms with Gasteiger partial charge in [-0.3, -0.25) is 4.79 Å². The Hall–Kier alpha value is -3.28. The predicted molar refractivity (Wildman–Crippen MR) is 135 cm³/mol. The molecule has 11 heteroatoms.